The molecule has 1 aliphatic heterocycles. The molecule has 2 aromatic carbocycles. The van der Waals surface area contributed by atoms with Crippen LogP contribution in [0.4, 0.5) is 5.69 Å². The fraction of sp³-hybridized carbons (Fsp3) is 0.273. The number of nitrogens with zero attached hydrogens (tertiary/aromatic N) is 2. The predicted molar refractivity (Wildman–Crippen MR) is 111 cm³/mol. The molecule has 1 aliphatic rings. The van der Waals surface area contributed by atoms with Crippen molar-refractivity contribution in [2.24, 2.45) is 0 Å². The molecule has 3 aromatic rings. The summed E-state index contributed by atoms with van der Waals surface area (Å²) in [6.45, 7) is 4.30. The summed E-state index contributed by atoms with van der Waals surface area (Å²) in [5, 5.41) is 6.09. The zero-order valence-corrected chi connectivity index (χ0v) is 16.4. The van der Waals surface area contributed by atoms with Crippen LogP contribution in [0, 0.1) is 13.8 Å². The number of carbonyl (C=O) groups excluding carboxylic acids is 2. The molecule has 0 saturated carbocycles. The third-order valence-electron chi connectivity index (χ3n) is 5.19. The number of piperidine rings is 1. The normalized spacial score (nSPS) is 16.7. The van der Waals surface area contributed by atoms with Crippen molar-refractivity contribution >= 4 is 28.4 Å². The van der Waals surface area contributed by atoms with Crippen molar-refractivity contribution in [1.29, 1.82) is 0 Å². The summed E-state index contributed by atoms with van der Waals surface area (Å²) < 4.78 is 1.40. The summed E-state index contributed by atoms with van der Waals surface area (Å²) in [5.74, 6) is -0.322. The van der Waals surface area contributed by atoms with Gasteiger partial charge in [-0.2, -0.15) is 0 Å². The van der Waals surface area contributed by atoms with Crippen LogP contribution in [0.15, 0.2) is 47.3 Å². The quantitative estimate of drug-likeness (QED) is 0.668. The van der Waals surface area contributed by atoms with Crippen LogP contribution < -0.4 is 16.2 Å². The van der Waals surface area contributed by atoms with Crippen LogP contribution >= 0.6 is 0 Å². The van der Waals surface area contributed by atoms with Crippen LogP contribution in [0.5, 0.6) is 0 Å². The lowest BCUT2D eigenvalue weighted by molar-refractivity contribution is -0.135. The highest BCUT2D eigenvalue weighted by molar-refractivity contribution is 5.99. The van der Waals surface area contributed by atoms with Crippen LogP contribution in [-0.4, -0.2) is 21.4 Å². The van der Waals surface area contributed by atoms with Gasteiger partial charge in [0.25, 0.3) is 5.56 Å². The number of fused-ring (bicyclic) bond motifs is 1. The topological polar surface area (TPSA) is 93.1 Å². The van der Waals surface area contributed by atoms with Crippen molar-refractivity contribution in [2.45, 2.75) is 39.3 Å². The standard InChI is InChI=1S/C22H22N4O3/c1-13-5-3-6-15(11-13)12-23-16-7-4-8-17-20(16)22(29)26(14(2)24-17)18-9-10-19(27)25-21(18)28/h3-8,11,18,23H,9-10,12H2,1-2H3,(H,25,27,28). The molecule has 2 amide bonds. The number of imide groups is 1. The molecule has 2 heterocycles. The van der Waals surface area contributed by atoms with Gasteiger partial charge in [-0.25, -0.2) is 4.98 Å². The van der Waals surface area contributed by atoms with Gasteiger partial charge in [0.1, 0.15) is 11.9 Å². The van der Waals surface area contributed by atoms with Gasteiger partial charge in [0.2, 0.25) is 11.8 Å². The SMILES string of the molecule is Cc1cccc(CNc2cccc3nc(C)n(C4CCC(=O)NC4=O)c(=O)c23)c1. The van der Waals surface area contributed by atoms with E-state index in [0.717, 1.165) is 5.56 Å². The minimum Gasteiger partial charge on any atom is -0.380 e. The molecule has 2 N–H and O–H groups in total. The molecule has 148 valence electrons. The molecule has 0 radical (unpaired) electrons. The number of carbonyl (C=O) groups is 2. The van der Waals surface area contributed by atoms with Gasteiger partial charge in [-0.05, 0) is 38.0 Å². The highest BCUT2D eigenvalue weighted by Gasteiger charge is 2.30. The Balaban J connectivity index is 1.76. The van der Waals surface area contributed by atoms with Gasteiger partial charge in [0.05, 0.1) is 10.9 Å². The first-order valence-corrected chi connectivity index (χ1v) is 9.59. The van der Waals surface area contributed by atoms with Crippen LogP contribution in [0.3, 0.4) is 0 Å². The zero-order chi connectivity index (χ0) is 20.5. The number of nitrogens with one attached hydrogen (secondary N) is 2. The van der Waals surface area contributed by atoms with Gasteiger partial charge in [0, 0.05) is 18.7 Å². The van der Waals surface area contributed by atoms with Crippen molar-refractivity contribution in [3.63, 3.8) is 0 Å². The number of aryl methyl sites for hydroxylation is 2. The Morgan fingerprint density at radius 2 is 1.93 bits per heavy atom. The molecule has 1 fully saturated rings. The molecule has 29 heavy (non-hydrogen) atoms. The van der Waals surface area contributed by atoms with Crippen molar-refractivity contribution in [3.05, 3.63) is 69.8 Å². The number of amides is 2. The lowest BCUT2D eigenvalue weighted by atomic mass is 10.1. The van der Waals surface area contributed by atoms with Gasteiger partial charge >= 0.3 is 0 Å². The molecule has 1 saturated heterocycles. The maximum Gasteiger partial charge on any atom is 0.264 e. The van der Waals surface area contributed by atoms with E-state index in [-0.39, 0.29) is 24.3 Å². The summed E-state index contributed by atoms with van der Waals surface area (Å²) in [4.78, 5) is 41.8. The third kappa shape index (κ3) is 3.63. The molecule has 7 nitrogen and oxygen atoms in total. The van der Waals surface area contributed by atoms with Gasteiger partial charge in [-0.3, -0.25) is 24.3 Å². The van der Waals surface area contributed by atoms with Gasteiger partial charge in [-0.15, -0.1) is 0 Å². The van der Waals surface area contributed by atoms with Gasteiger partial charge in [-0.1, -0.05) is 35.9 Å². The molecule has 1 aromatic heterocycles. The maximum absolute atomic E-state index is 13.4. The third-order valence-corrected chi connectivity index (χ3v) is 5.19. The van der Waals surface area contributed by atoms with E-state index in [1.807, 2.05) is 37.3 Å². The number of rotatable bonds is 4. The minimum absolute atomic E-state index is 0.202. The molecule has 1 unspecified atom stereocenters. The lowest BCUT2D eigenvalue weighted by Crippen LogP contribution is -2.45. The van der Waals surface area contributed by atoms with E-state index < -0.39 is 11.9 Å². The van der Waals surface area contributed by atoms with Crippen molar-refractivity contribution in [1.82, 2.24) is 14.9 Å². The number of hydrogen-bond acceptors (Lipinski definition) is 5. The Kier molecular flexibility index (Phi) is 4.88. The summed E-state index contributed by atoms with van der Waals surface area (Å²) in [5.41, 5.74) is 3.23. The van der Waals surface area contributed by atoms with Crippen LogP contribution in [0.2, 0.25) is 0 Å². The van der Waals surface area contributed by atoms with E-state index in [1.165, 1.54) is 10.1 Å². The van der Waals surface area contributed by atoms with E-state index in [1.54, 1.807) is 13.0 Å². The monoisotopic (exact) mass is 390 g/mol. The van der Waals surface area contributed by atoms with E-state index in [0.29, 0.717) is 29.0 Å². The molecule has 4 rings (SSSR count). The molecular formula is C22H22N4O3. The minimum atomic E-state index is -0.734. The van der Waals surface area contributed by atoms with Crippen LogP contribution in [-0.2, 0) is 16.1 Å². The maximum atomic E-state index is 13.4. The molecule has 1 atom stereocenters. The predicted octanol–water partition coefficient (Wildman–Crippen LogP) is 2.60. The molecular weight excluding hydrogens is 368 g/mol. The first kappa shape index (κ1) is 18.9. The second-order valence-electron chi connectivity index (χ2n) is 7.34. The van der Waals surface area contributed by atoms with E-state index in [4.69, 9.17) is 0 Å². The smallest absolute Gasteiger partial charge is 0.264 e. The highest BCUT2D eigenvalue weighted by atomic mass is 16.2. The fourth-order valence-corrected chi connectivity index (χ4v) is 3.82. The summed E-state index contributed by atoms with van der Waals surface area (Å²) >= 11 is 0. The Labute approximate surface area is 167 Å². The first-order valence-electron chi connectivity index (χ1n) is 9.59. The average molecular weight is 390 g/mol. The largest absolute Gasteiger partial charge is 0.380 e. The first-order chi connectivity index (χ1) is 13.9. The fourth-order valence-electron chi connectivity index (χ4n) is 3.82. The molecule has 0 aliphatic carbocycles. The van der Waals surface area contributed by atoms with Crippen molar-refractivity contribution in [3.8, 4) is 0 Å². The Morgan fingerprint density at radius 1 is 1.14 bits per heavy atom. The number of aromatic nitrogens is 2. The Morgan fingerprint density at radius 3 is 2.69 bits per heavy atom. The van der Waals surface area contributed by atoms with Crippen LogP contribution in [0.25, 0.3) is 10.9 Å². The second-order valence-corrected chi connectivity index (χ2v) is 7.34. The molecule has 0 spiro atoms. The Bertz CT molecular complexity index is 1180. The highest BCUT2D eigenvalue weighted by Crippen LogP contribution is 2.23. The number of hydrogen-bond donors (Lipinski definition) is 2. The van der Waals surface area contributed by atoms with E-state index in [9.17, 15) is 14.4 Å². The van der Waals surface area contributed by atoms with E-state index >= 15 is 0 Å². The van der Waals surface area contributed by atoms with E-state index in [2.05, 4.69) is 21.7 Å². The molecule has 7 heteroatoms. The summed E-state index contributed by atoms with van der Waals surface area (Å²) in [7, 11) is 0. The average Bonchev–Trinajstić information content (AvgIpc) is 2.67. The van der Waals surface area contributed by atoms with Crippen LogP contribution in [0.1, 0.15) is 35.8 Å². The lowest BCUT2D eigenvalue weighted by Gasteiger charge is -2.24. The van der Waals surface area contributed by atoms with Gasteiger partial charge in [0.15, 0.2) is 0 Å². The Hall–Kier alpha value is -3.48. The number of anilines is 1. The number of benzene rings is 2. The second kappa shape index (κ2) is 7.50. The van der Waals surface area contributed by atoms with Crippen molar-refractivity contribution in [2.75, 3.05) is 5.32 Å². The van der Waals surface area contributed by atoms with Crippen molar-refractivity contribution < 1.29 is 9.59 Å². The molecule has 0 bridgehead atoms. The van der Waals surface area contributed by atoms with Gasteiger partial charge < -0.3 is 5.32 Å². The summed E-state index contributed by atoms with van der Waals surface area (Å²) in [6.07, 6.45) is 0.491. The summed E-state index contributed by atoms with van der Waals surface area (Å²) in [6, 6.07) is 12.9. The zero-order valence-electron chi connectivity index (χ0n) is 16.4.